The first-order valence-electron chi connectivity index (χ1n) is 3.85. The van der Waals surface area contributed by atoms with Gasteiger partial charge in [-0.25, -0.2) is 0 Å². The second-order valence-electron chi connectivity index (χ2n) is 4.13. The van der Waals surface area contributed by atoms with Crippen molar-refractivity contribution >= 4 is 6.16 Å². The Labute approximate surface area is 74.0 Å². The third-order valence-electron chi connectivity index (χ3n) is 0.913. The largest absolute Gasteiger partial charge is 0.565 e. The predicted octanol–water partition coefficient (Wildman–Crippen LogP) is 0.236. The number of carboxylic acid groups (broad SMARTS) is 2. The molecular weight excluding hydrogens is 158 g/mol. The molecule has 0 radical (unpaired) electrons. The highest BCUT2D eigenvalue weighted by Gasteiger charge is 2.08. The fraction of sp³-hybridized carbons (Fsp3) is 0.875. The van der Waals surface area contributed by atoms with Crippen LogP contribution in [0.15, 0.2) is 0 Å². The quantitative estimate of drug-likeness (QED) is 0.614. The summed E-state index contributed by atoms with van der Waals surface area (Å²) in [5.41, 5.74) is 0. The van der Waals surface area contributed by atoms with Crippen LogP contribution in [-0.2, 0) is 0 Å². The molecule has 1 N–H and O–H groups in total. The van der Waals surface area contributed by atoms with Crippen LogP contribution >= 0.6 is 0 Å². The summed E-state index contributed by atoms with van der Waals surface area (Å²) in [7, 11) is 6.67. The van der Waals surface area contributed by atoms with Crippen LogP contribution in [0, 0.1) is 5.92 Å². The van der Waals surface area contributed by atoms with Crippen molar-refractivity contribution < 1.29 is 19.5 Å². The molecule has 0 saturated heterocycles. The molecule has 0 spiro atoms. The van der Waals surface area contributed by atoms with Crippen LogP contribution in [0.4, 0.5) is 4.79 Å². The minimum absolute atomic E-state index is 0.815. The standard InChI is InChI=1S/C7H18N.CH2O3/c1-7(2)6-8(3,4)5;2-1(3)4/h7H,6H2,1-5H3;(H2,2,3,4)/q+1;/p-1. The molecular formula is C8H19NO3. The summed E-state index contributed by atoms with van der Waals surface area (Å²) in [5.74, 6) is 0.815. The molecule has 0 bridgehead atoms. The van der Waals surface area contributed by atoms with Crippen molar-refractivity contribution in [1.82, 2.24) is 0 Å². The Bertz CT molecular complexity index is 123. The second-order valence-corrected chi connectivity index (χ2v) is 4.13. The molecule has 0 aliphatic heterocycles. The Morgan fingerprint density at radius 3 is 1.67 bits per heavy atom. The van der Waals surface area contributed by atoms with Crippen LogP contribution < -0.4 is 5.11 Å². The van der Waals surface area contributed by atoms with Crippen molar-refractivity contribution in [3.63, 3.8) is 0 Å². The predicted molar refractivity (Wildman–Crippen MR) is 45.8 cm³/mol. The third kappa shape index (κ3) is 34.9. The van der Waals surface area contributed by atoms with E-state index in [2.05, 4.69) is 35.0 Å². The molecule has 0 unspecified atom stereocenters. The third-order valence-corrected chi connectivity index (χ3v) is 0.913. The van der Waals surface area contributed by atoms with E-state index in [1.807, 2.05) is 0 Å². The van der Waals surface area contributed by atoms with Crippen LogP contribution in [0.3, 0.4) is 0 Å². The number of hydrogen-bond donors (Lipinski definition) is 1. The van der Waals surface area contributed by atoms with Gasteiger partial charge in [0.1, 0.15) is 0 Å². The normalized spacial score (nSPS) is 10.5. The highest BCUT2D eigenvalue weighted by Crippen LogP contribution is 1.98. The van der Waals surface area contributed by atoms with Crippen molar-refractivity contribution in [2.24, 2.45) is 5.92 Å². The number of rotatable bonds is 2. The van der Waals surface area contributed by atoms with E-state index in [9.17, 15) is 0 Å². The number of hydrogen-bond acceptors (Lipinski definition) is 2. The van der Waals surface area contributed by atoms with Crippen LogP contribution in [0.2, 0.25) is 0 Å². The van der Waals surface area contributed by atoms with Gasteiger partial charge in [-0.05, 0) is 0 Å². The highest BCUT2D eigenvalue weighted by molar-refractivity contribution is 5.50. The van der Waals surface area contributed by atoms with Gasteiger partial charge >= 0.3 is 0 Å². The van der Waals surface area contributed by atoms with Crippen LogP contribution in [0.25, 0.3) is 0 Å². The summed E-state index contributed by atoms with van der Waals surface area (Å²) in [5, 5.41) is 15.3. The van der Waals surface area contributed by atoms with Gasteiger partial charge in [-0.15, -0.1) is 0 Å². The minimum atomic E-state index is -2.08. The van der Waals surface area contributed by atoms with Crippen molar-refractivity contribution in [1.29, 1.82) is 0 Å². The summed E-state index contributed by atoms with van der Waals surface area (Å²) >= 11 is 0. The topological polar surface area (TPSA) is 60.4 Å². The lowest BCUT2D eigenvalue weighted by Gasteiger charge is -2.25. The van der Waals surface area contributed by atoms with Crippen molar-refractivity contribution in [2.75, 3.05) is 27.7 Å². The molecule has 4 nitrogen and oxygen atoms in total. The Hall–Kier alpha value is -0.770. The summed E-state index contributed by atoms with van der Waals surface area (Å²) in [6, 6.07) is 0. The molecule has 0 heterocycles. The zero-order valence-electron chi connectivity index (χ0n) is 8.50. The van der Waals surface area contributed by atoms with E-state index in [0.29, 0.717) is 0 Å². The average molecular weight is 177 g/mol. The molecule has 0 aromatic carbocycles. The molecule has 74 valence electrons. The lowest BCUT2D eigenvalue weighted by atomic mass is 10.2. The molecule has 0 atom stereocenters. The minimum Gasteiger partial charge on any atom is -0.565 e. The summed E-state index contributed by atoms with van der Waals surface area (Å²) in [6.07, 6.45) is -2.08. The number of nitrogens with zero attached hydrogens (tertiary/aromatic N) is 1. The fourth-order valence-electron chi connectivity index (χ4n) is 1.10. The lowest BCUT2D eigenvalue weighted by Crippen LogP contribution is -2.37. The molecule has 0 amide bonds. The molecule has 0 fully saturated rings. The van der Waals surface area contributed by atoms with Crippen molar-refractivity contribution in [3.8, 4) is 0 Å². The number of carbonyl (C=O) groups is 1. The fourth-order valence-corrected chi connectivity index (χ4v) is 1.10. The molecule has 0 aromatic rings. The number of quaternary nitrogens is 1. The smallest absolute Gasteiger partial charge is 0.249 e. The second kappa shape index (κ2) is 5.83. The van der Waals surface area contributed by atoms with Crippen LogP contribution in [-0.4, -0.2) is 43.4 Å². The van der Waals surface area contributed by atoms with Gasteiger partial charge < -0.3 is 19.5 Å². The Morgan fingerprint density at radius 2 is 1.67 bits per heavy atom. The van der Waals surface area contributed by atoms with Gasteiger partial charge in [0.05, 0.1) is 27.7 Å². The van der Waals surface area contributed by atoms with Crippen LogP contribution in [0.1, 0.15) is 13.8 Å². The molecule has 0 aliphatic carbocycles. The van der Waals surface area contributed by atoms with Gasteiger partial charge in [0.25, 0.3) is 0 Å². The first kappa shape index (κ1) is 13.8. The SMILES string of the molecule is CC(C)C[N+](C)(C)C.O=C([O-])O. The summed E-state index contributed by atoms with van der Waals surface area (Å²) < 4.78 is 1.08. The highest BCUT2D eigenvalue weighted by atomic mass is 16.6. The summed E-state index contributed by atoms with van der Waals surface area (Å²) in [6.45, 7) is 5.77. The maximum Gasteiger partial charge on any atom is 0.249 e. The molecule has 0 aromatic heterocycles. The van der Waals surface area contributed by atoms with Gasteiger partial charge in [-0.3, -0.25) is 0 Å². The van der Waals surface area contributed by atoms with Crippen LogP contribution in [0.5, 0.6) is 0 Å². The van der Waals surface area contributed by atoms with Gasteiger partial charge in [0.2, 0.25) is 6.16 Å². The Kier molecular flexibility index (Phi) is 6.70. The first-order chi connectivity index (χ1) is 5.15. The van der Waals surface area contributed by atoms with Gasteiger partial charge in [-0.2, -0.15) is 0 Å². The maximum absolute atomic E-state index is 8.44. The zero-order chi connectivity index (χ0) is 10.4. The molecule has 0 rings (SSSR count). The van der Waals surface area contributed by atoms with Crippen molar-refractivity contribution in [2.45, 2.75) is 13.8 Å². The molecule has 0 saturated carbocycles. The van der Waals surface area contributed by atoms with E-state index in [0.717, 1.165) is 10.4 Å². The van der Waals surface area contributed by atoms with E-state index < -0.39 is 6.16 Å². The Morgan fingerprint density at radius 1 is 1.42 bits per heavy atom. The Balaban J connectivity index is 0. The molecule has 12 heavy (non-hydrogen) atoms. The molecule has 4 heteroatoms. The van der Waals surface area contributed by atoms with E-state index in [-0.39, 0.29) is 0 Å². The van der Waals surface area contributed by atoms with Crippen molar-refractivity contribution in [3.05, 3.63) is 0 Å². The average Bonchev–Trinajstić information content (AvgIpc) is 1.52. The summed E-state index contributed by atoms with van der Waals surface area (Å²) in [4.78, 5) is 8.44. The monoisotopic (exact) mass is 177 g/mol. The van der Waals surface area contributed by atoms with Gasteiger partial charge in [0.15, 0.2) is 0 Å². The van der Waals surface area contributed by atoms with Gasteiger partial charge in [-0.1, -0.05) is 13.8 Å². The van der Waals surface area contributed by atoms with Gasteiger partial charge in [0, 0.05) is 5.92 Å². The van der Waals surface area contributed by atoms with E-state index in [1.54, 1.807) is 0 Å². The lowest BCUT2D eigenvalue weighted by molar-refractivity contribution is -0.873. The van der Waals surface area contributed by atoms with E-state index in [1.165, 1.54) is 6.54 Å². The van der Waals surface area contributed by atoms with E-state index in [4.69, 9.17) is 15.0 Å². The molecule has 0 aliphatic rings. The van der Waals surface area contributed by atoms with E-state index >= 15 is 0 Å². The first-order valence-corrected chi connectivity index (χ1v) is 3.85. The maximum atomic E-state index is 8.44. The zero-order valence-corrected chi connectivity index (χ0v) is 8.50.